The van der Waals surface area contributed by atoms with Crippen molar-refractivity contribution in [3.8, 4) is 5.75 Å². The Labute approximate surface area is 218 Å². The second kappa shape index (κ2) is 10.5. The summed E-state index contributed by atoms with van der Waals surface area (Å²) >= 11 is 0. The summed E-state index contributed by atoms with van der Waals surface area (Å²) < 4.78 is 34.0. The van der Waals surface area contributed by atoms with Crippen LogP contribution in [0.5, 0.6) is 5.75 Å². The highest BCUT2D eigenvalue weighted by atomic mass is 32.2. The molecule has 2 aromatic carbocycles. The highest BCUT2D eigenvalue weighted by Gasteiger charge is 2.29. The number of ether oxygens (including phenoxy) is 1. The topological polar surface area (TPSA) is 91.8 Å². The molecule has 1 N–H and O–H groups in total. The van der Waals surface area contributed by atoms with Crippen LogP contribution in [0.3, 0.4) is 0 Å². The lowest BCUT2D eigenvalue weighted by atomic mass is 10.1. The van der Waals surface area contributed by atoms with E-state index in [1.54, 1.807) is 36.5 Å². The van der Waals surface area contributed by atoms with E-state index in [-0.39, 0.29) is 16.8 Å². The molecule has 0 saturated carbocycles. The number of benzene rings is 2. The monoisotopic (exact) mass is 520 g/mol. The van der Waals surface area contributed by atoms with Crippen LogP contribution in [-0.4, -0.2) is 55.3 Å². The number of amides is 1. The van der Waals surface area contributed by atoms with Crippen LogP contribution in [-0.2, 0) is 23.0 Å². The maximum absolute atomic E-state index is 13.6. The van der Waals surface area contributed by atoms with Crippen LogP contribution in [0.1, 0.15) is 52.9 Å². The molecule has 0 spiro atoms. The zero-order valence-electron chi connectivity index (χ0n) is 21.2. The van der Waals surface area contributed by atoms with E-state index in [1.165, 1.54) is 15.9 Å². The molecule has 194 valence electrons. The summed E-state index contributed by atoms with van der Waals surface area (Å²) in [5.41, 5.74) is 4.04. The lowest BCUT2D eigenvalue weighted by molar-refractivity contribution is 0.0742. The number of carbonyl (C=O) groups is 1. The first-order valence-electron chi connectivity index (χ1n) is 12.6. The molecule has 1 amide bonds. The fraction of sp³-hybridized carbons (Fsp3) is 0.357. The molecule has 5 rings (SSSR count). The van der Waals surface area contributed by atoms with E-state index in [9.17, 15) is 13.2 Å². The van der Waals surface area contributed by atoms with Crippen molar-refractivity contribution in [2.75, 3.05) is 32.1 Å². The Bertz CT molecular complexity index is 1390. The van der Waals surface area contributed by atoms with Gasteiger partial charge in [0.2, 0.25) is 10.0 Å². The molecule has 1 aromatic heterocycles. The molecule has 9 heteroatoms. The predicted molar refractivity (Wildman–Crippen MR) is 142 cm³/mol. The van der Waals surface area contributed by atoms with Gasteiger partial charge in [0.25, 0.3) is 5.91 Å². The van der Waals surface area contributed by atoms with E-state index in [0.29, 0.717) is 37.5 Å². The fourth-order valence-corrected chi connectivity index (χ4v) is 6.42. The summed E-state index contributed by atoms with van der Waals surface area (Å²) in [6, 6.07) is 14.5. The van der Waals surface area contributed by atoms with Crippen LogP contribution < -0.4 is 10.1 Å². The third-order valence-corrected chi connectivity index (χ3v) is 9.05. The summed E-state index contributed by atoms with van der Waals surface area (Å²) in [5, 5.41) is 3.35. The molecule has 37 heavy (non-hydrogen) atoms. The Hall–Kier alpha value is -3.43. The van der Waals surface area contributed by atoms with Gasteiger partial charge in [0.1, 0.15) is 5.75 Å². The van der Waals surface area contributed by atoms with Crippen LogP contribution in [0.2, 0.25) is 0 Å². The third kappa shape index (κ3) is 5.33. The van der Waals surface area contributed by atoms with Crippen LogP contribution in [0, 0.1) is 0 Å². The first-order valence-corrected chi connectivity index (χ1v) is 14.1. The molecule has 8 nitrogen and oxygen atoms in total. The summed E-state index contributed by atoms with van der Waals surface area (Å²) in [6.45, 7) is 4.11. The van der Waals surface area contributed by atoms with Crippen molar-refractivity contribution in [2.24, 2.45) is 0 Å². The predicted octanol–water partition coefficient (Wildman–Crippen LogP) is 4.25. The molecule has 1 fully saturated rings. The SMILES string of the molecule is CC(c1cccnc1)N(C)C(=O)c1cc(NCc2ccc3c(c2)CCO3)cc(S(=O)(=O)N2CCCC2)c1. The van der Waals surface area contributed by atoms with Gasteiger partial charge < -0.3 is 15.0 Å². The smallest absolute Gasteiger partial charge is 0.254 e. The quantitative estimate of drug-likeness (QED) is 0.478. The number of carbonyl (C=O) groups excluding carboxylic acids is 1. The Morgan fingerprint density at radius 2 is 1.97 bits per heavy atom. The number of pyridine rings is 1. The molecule has 3 heterocycles. The number of nitrogens with one attached hydrogen (secondary N) is 1. The lowest BCUT2D eigenvalue weighted by Crippen LogP contribution is -2.31. The van der Waals surface area contributed by atoms with Gasteiger partial charge >= 0.3 is 0 Å². The number of anilines is 1. The number of fused-ring (bicyclic) bond motifs is 1. The first-order chi connectivity index (χ1) is 17.8. The van der Waals surface area contributed by atoms with Gasteiger partial charge in [-0.15, -0.1) is 0 Å². The second-order valence-corrected chi connectivity index (χ2v) is 11.6. The van der Waals surface area contributed by atoms with Crippen LogP contribution in [0.4, 0.5) is 5.69 Å². The molecular weight excluding hydrogens is 488 g/mol. The number of nitrogens with zero attached hydrogens (tertiary/aromatic N) is 3. The van der Waals surface area contributed by atoms with Gasteiger partial charge in [0, 0.05) is 56.7 Å². The van der Waals surface area contributed by atoms with Gasteiger partial charge in [-0.25, -0.2) is 8.42 Å². The standard InChI is InChI=1S/C28H32N4O4S/c1-20(23-6-5-10-29-19-23)31(2)28(33)24-15-25(17-26(16-24)37(34,35)32-11-3-4-12-32)30-18-21-7-8-27-22(14-21)9-13-36-27/h5-8,10,14-17,19-20,30H,3-4,9,11-13,18H2,1-2H3. The highest BCUT2D eigenvalue weighted by Crippen LogP contribution is 2.29. The van der Waals surface area contributed by atoms with E-state index >= 15 is 0 Å². The minimum absolute atomic E-state index is 0.132. The van der Waals surface area contributed by atoms with Crippen molar-refractivity contribution >= 4 is 21.6 Å². The van der Waals surface area contributed by atoms with Gasteiger partial charge in [0.15, 0.2) is 0 Å². The number of hydrogen-bond donors (Lipinski definition) is 1. The number of sulfonamides is 1. The van der Waals surface area contributed by atoms with Crippen molar-refractivity contribution in [1.29, 1.82) is 0 Å². The van der Waals surface area contributed by atoms with Crippen molar-refractivity contribution in [3.63, 3.8) is 0 Å². The molecule has 0 radical (unpaired) electrons. The van der Waals surface area contributed by atoms with Crippen molar-refractivity contribution in [2.45, 2.75) is 43.7 Å². The van der Waals surface area contributed by atoms with Gasteiger partial charge in [0.05, 0.1) is 17.5 Å². The number of aromatic nitrogens is 1. The number of rotatable bonds is 8. The zero-order valence-corrected chi connectivity index (χ0v) is 22.0. The Kier molecular flexibility index (Phi) is 7.17. The van der Waals surface area contributed by atoms with Crippen LogP contribution in [0.15, 0.2) is 65.8 Å². The molecule has 0 bridgehead atoms. The largest absolute Gasteiger partial charge is 0.493 e. The molecule has 2 aliphatic heterocycles. The third-order valence-electron chi connectivity index (χ3n) is 7.17. The summed E-state index contributed by atoms with van der Waals surface area (Å²) in [4.78, 5) is 19.5. The van der Waals surface area contributed by atoms with Crippen molar-refractivity contribution < 1.29 is 17.9 Å². The average molecular weight is 521 g/mol. The first kappa shape index (κ1) is 25.2. The average Bonchev–Trinajstić information content (AvgIpc) is 3.63. The van der Waals surface area contributed by atoms with Gasteiger partial charge in [-0.2, -0.15) is 4.31 Å². The van der Waals surface area contributed by atoms with Crippen molar-refractivity contribution in [1.82, 2.24) is 14.2 Å². The molecular formula is C28H32N4O4S. The minimum atomic E-state index is -3.71. The lowest BCUT2D eigenvalue weighted by Gasteiger charge is -2.26. The van der Waals surface area contributed by atoms with Crippen molar-refractivity contribution in [3.05, 3.63) is 83.2 Å². The van der Waals surface area contributed by atoms with E-state index < -0.39 is 10.0 Å². The normalized spacial score (nSPS) is 16.2. The minimum Gasteiger partial charge on any atom is -0.493 e. The maximum atomic E-state index is 13.6. The van der Waals surface area contributed by atoms with Gasteiger partial charge in [-0.05, 0) is 66.8 Å². The molecule has 3 aromatic rings. The second-order valence-electron chi connectivity index (χ2n) is 9.63. The molecule has 0 aliphatic carbocycles. The summed E-state index contributed by atoms with van der Waals surface area (Å²) in [5.74, 6) is 0.661. The van der Waals surface area contributed by atoms with Crippen LogP contribution in [0.25, 0.3) is 0 Å². The fourth-order valence-electron chi connectivity index (χ4n) is 4.83. The maximum Gasteiger partial charge on any atom is 0.254 e. The van der Waals surface area contributed by atoms with Crippen LogP contribution >= 0.6 is 0 Å². The van der Waals surface area contributed by atoms with E-state index in [1.807, 2.05) is 31.2 Å². The molecule has 1 atom stereocenters. The number of hydrogen-bond acceptors (Lipinski definition) is 6. The summed E-state index contributed by atoms with van der Waals surface area (Å²) in [7, 11) is -1.99. The van der Waals surface area contributed by atoms with E-state index in [0.717, 1.165) is 36.1 Å². The summed E-state index contributed by atoms with van der Waals surface area (Å²) in [6.07, 6.45) is 5.99. The Morgan fingerprint density at radius 3 is 2.73 bits per heavy atom. The van der Waals surface area contributed by atoms with Gasteiger partial charge in [-0.3, -0.25) is 9.78 Å². The molecule has 1 unspecified atom stereocenters. The van der Waals surface area contributed by atoms with E-state index in [2.05, 4.69) is 16.4 Å². The van der Waals surface area contributed by atoms with E-state index in [4.69, 9.17) is 4.74 Å². The molecule has 1 saturated heterocycles. The highest BCUT2D eigenvalue weighted by molar-refractivity contribution is 7.89. The Balaban J connectivity index is 1.44. The molecule has 2 aliphatic rings. The zero-order chi connectivity index (χ0) is 26.0. The van der Waals surface area contributed by atoms with Gasteiger partial charge in [-0.1, -0.05) is 18.2 Å². The Morgan fingerprint density at radius 1 is 1.16 bits per heavy atom.